The summed E-state index contributed by atoms with van der Waals surface area (Å²) < 4.78 is 105. The standard InChI is InChI=1S/C22H14F6N2O3S/c23-21(24,25)14-4-2-6-16(10-14)34(32,33)15-5-1-3-13(9-15)11-30-12-18-17(20(30)31)7-8-19(29-18)22(26,27)28/h1-10,12,31H,11H2. The lowest BCUT2D eigenvalue weighted by atomic mass is 10.2. The summed E-state index contributed by atoms with van der Waals surface area (Å²) in [6.45, 7) is -0.129. The zero-order valence-electron chi connectivity index (χ0n) is 16.9. The van der Waals surface area contributed by atoms with E-state index in [0.29, 0.717) is 11.6 Å². The van der Waals surface area contributed by atoms with Crippen LogP contribution in [0.25, 0.3) is 10.9 Å². The predicted octanol–water partition coefficient (Wildman–Crippen LogP) is 5.66. The van der Waals surface area contributed by atoms with E-state index < -0.39 is 38.3 Å². The van der Waals surface area contributed by atoms with Gasteiger partial charge in [0.05, 0.1) is 32.8 Å². The van der Waals surface area contributed by atoms with Crippen molar-refractivity contribution in [2.24, 2.45) is 0 Å². The van der Waals surface area contributed by atoms with Gasteiger partial charge in [-0.15, -0.1) is 0 Å². The number of pyridine rings is 1. The quantitative estimate of drug-likeness (QED) is 0.367. The summed E-state index contributed by atoms with van der Waals surface area (Å²) in [6.07, 6.45) is -8.20. The Kier molecular flexibility index (Phi) is 5.59. The summed E-state index contributed by atoms with van der Waals surface area (Å²) in [5, 5.41) is 10.4. The first kappa shape index (κ1) is 23.6. The number of sulfone groups is 1. The van der Waals surface area contributed by atoms with E-state index >= 15 is 0 Å². The van der Waals surface area contributed by atoms with Gasteiger partial charge < -0.3 is 9.67 Å². The molecular weight excluding hydrogens is 486 g/mol. The molecule has 5 nitrogen and oxygen atoms in total. The molecule has 4 rings (SSSR count). The highest BCUT2D eigenvalue weighted by atomic mass is 32.2. The molecule has 0 radical (unpaired) electrons. The molecular formula is C22H14F6N2O3S. The van der Waals surface area contributed by atoms with E-state index in [0.717, 1.165) is 30.3 Å². The third kappa shape index (κ3) is 4.45. The monoisotopic (exact) mass is 500 g/mol. The molecule has 178 valence electrons. The first-order chi connectivity index (χ1) is 15.8. The number of fused-ring (bicyclic) bond motifs is 1. The predicted molar refractivity (Wildman–Crippen MR) is 109 cm³/mol. The highest BCUT2D eigenvalue weighted by Gasteiger charge is 2.33. The lowest BCUT2D eigenvalue weighted by molar-refractivity contribution is -0.141. The van der Waals surface area contributed by atoms with Crippen LogP contribution in [0.2, 0.25) is 0 Å². The highest BCUT2D eigenvalue weighted by Crippen LogP contribution is 2.34. The van der Waals surface area contributed by atoms with Gasteiger partial charge in [0.1, 0.15) is 5.69 Å². The second-order valence-electron chi connectivity index (χ2n) is 7.38. The lowest BCUT2D eigenvalue weighted by Crippen LogP contribution is -2.08. The van der Waals surface area contributed by atoms with Crippen LogP contribution in [0, 0.1) is 0 Å². The number of rotatable bonds is 4. The molecule has 0 atom stereocenters. The summed E-state index contributed by atoms with van der Waals surface area (Å²) in [4.78, 5) is 2.68. The van der Waals surface area contributed by atoms with Gasteiger partial charge in [-0.1, -0.05) is 18.2 Å². The number of aromatic nitrogens is 2. The largest absolute Gasteiger partial charge is 0.494 e. The number of benzene rings is 2. The van der Waals surface area contributed by atoms with E-state index in [1.54, 1.807) is 0 Å². The first-order valence-corrected chi connectivity index (χ1v) is 11.0. The van der Waals surface area contributed by atoms with Crippen molar-refractivity contribution >= 4 is 20.7 Å². The van der Waals surface area contributed by atoms with Crippen LogP contribution in [0.15, 0.2) is 76.7 Å². The molecule has 34 heavy (non-hydrogen) atoms. The second kappa shape index (κ2) is 8.05. The minimum atomic E-state index is -4.72. The van der Waals surface area contributed by atoms with Crippen molar-refractivity contribution in [3.63, 3.8) is 0 Å². The van der Waals surface area contributed by atoms with E-state index in [9.17, 15) is 39.9 Å². The second-order valence-corrected chi connectivity index (χ2v) is 9.33. The summed E-state index contributed by atoms with van der Waals surface area (Å²) in [5.74, 6) is -0.373. The van der Waals surface area contributed by atoms with Crippen molar-refractivity contribution in [3.8, 4) is 5.88 Å². The van der Waals surface area contributed by atoms with Crippen LogP contribution >= 0.6 is 0 Å². The van der Waals surface area contributed by atoms with Crippen LogP contribution in [-0.2, 0) is 28.7 Å². The fourth-order valence-electron chi connectivity index (χ4n) is 3.39. The van der Waals surface area contributed by atoms with Crippen LogP contribution in [0.4, 0.5) is 26.3 Å². The Hall–Kier alpha value is -3.54. The Balaban J connectivity index is 1.68. The average molecular weight is 500 g/mol. The molecule has 0 unspecified atom stereocenters. The molecule has 4 aromatic rings. The zero-order valence-corrected chi connectivity index (χ0v) is 17.7. The SMILES string of the molecule is O=S(=O)(c1cccc(Cn2cc3nc(C(F)(F)F)ccc3c2O)c1)c1cccc(C(F)(F)F)c1. The van der Waals surface area contributed by atoms with Gasteiger partial charge >= 0.3 is 12.4 Å². The molecule has 1 N–H and O–H groups in total. The van der Waals surface area contributed by atoms with Gasteiger partial charge in [0.25, 0.3) is 0 Å². The molecule has 0 aliphatic carbocycles. The Morgan fingerprint density at radius 3 is 2.15 bits per heavy atom. The minimum absolute atomic E-state index is 0.0701. The van der Waals surface area contributed by atoms with Crippen LogP contribution in [0.3, 0.4) is 0 Å². The van der Waals surface area contributed by atoms with Gasteiger partial charge in [-0.3, -0.25) is 0 Å². The minimum Gasteiger partial charge on any atom is -0.494 e. The fraction of sp³-hybridized carbons (Fsp3) is 0.136. The van der Waals surface area contributed by atoms with Crippen molar-refractivity contribution in [1.29, 1.82) is 0 Å². The van der Waals surface area contributed by atoms with Crippen molar-refractivity contribution in [2.45, 2.75) is 28.7 Å². The highest BCUT2D eigenvalue weighted by molar-refractivity contribution is 7.91. The van der Waals surface area contributed by atoms with Crippen LogP contribution < -0.4 is 0 Å². The Bertz CT molecular complexity index is 1490. The lowest BCUT2D eigenvalue weighted by Gasteiger charge is -2.11. The number of alkyl halides is 6. The number of nitrogens with zero attached hydrogens (tertiary/aromatic N) is 2. The molecule has 0 aliphatic rings. The molecule has 2 heterocycles. The van der Waals surface area contributed by atoms with Gasteiger partial charge in [-0.2, -0.15) is 26.3 Å². The van der Waals surface area contributed by atoms with Gasteiger partial charge in [0.2, 0.25) is 15.7 Å². The van der Waals surface area contributed by atoms with E-state index in [1.165, 1.54) is 35.0 Å². The van der Waals surface area contributed by atoms with Crippen LogP contribution in [0.5, 0.6) is 5.88 Å². The normalized spacial score (nSPS) is 12.9. The molecule has 0 fully saturated rings. The van der Waals surface area contributed by atoms with Crippen molar-refractivity contribution < 1.29 is 39.9 Å². The van der Waals surface area contributed by atoms with Gasteiger partial charge in [0.15, 0.2) is 0 Å². The third-order valence-corrected chi connectivity index (χ3v) is 6.79. The molecule has 2 aromatic heterocycles. The molecule has 12 heteroatoms. The van der Waals surface area contributed by atoms with Crippen molar-refractivity contribution in [3.05, 3.63) is 83.7 Å². The van der Waals surface area contributed by atoms with Gasteiger partial charge in [-0.05, 0) is 48.0 Å². The van der Waals surface area contributed by atoms with E-state index in [1.807, 2.05) is 0 Å². The maximum absolute atomic E-state index is 13.0. The number of halogens is 6. The zero-order chi connectivity index (χ0) is 24.9. The molecule has 0 saturated carbocycles. The first-order valence-electron chi connectivity index (χ1n) is 9.54. The molecule has 0 amide bonds. The maximum atomic E-state index is 13.0. The topological polar surface area (TPSA) is 72.2 Å². The van der Waals surface area contributed by atoms with E-state index in [2.05, 4.69) is 4.98 Å². The smallest absolute Gasteiger partial charge is 0.433 e. The van der Waals surface area contributed by atoms with E-state index in [-0.39, 0.29) is 28.2 Å². The number of aromatic hydroxyl groups is 1. The van der Waals surface area contributed by atoms with Gasteiger partial charge in [0, 0.05) is 6.20 Å². The number of hydrogen-bond acceptors (Lipinski definition) is 4. The van der Waals surface area contributed by atoms with E-state index in [4.69, 9.17) is 0 Å². The van der Waals surface area contributed by atoms with Gasteiger partial charge in [-0.25, -0.2) is 13.4 Å². The maximum Gasteiger partial charge on any atom is 0.433 e. The van der Waals surface area contributed by atoms with Crippen LogP contribution in [0.1, 0.15) is 16.8 Å². The molecule has 0 aliphatic heterocycles. The van der Waals surface area contributed by atoms with Crippen molar-refractivity contribution in [2.75, 3.05) is 0 Å². The summed E-state index contributed by atoms with van der Waals surface area (Å²) in [6, 6.07) is 10.4. The van der Waals surface area contributed by atoms with Crippen LogP contribution in [-0.4, -0.2) is 23.1 Å². The Labute approximate surface area is 188 Å². The Morgan fingerprint density at radius 1 is 0.853 bits per heavy atom. The molecule has 0 bridgehead atoms. The summed E-state index contributed by atoms with van der Waals surface area (Å²) in [7, 11) is -4.30. The molecule has 0 saturated heterocycles. The number of hydrogen-bond donors (Lipinski definition) is 1. The fourth-order valence-corrected chi connectivity index (χ4v) is 4.76. The van der Waals surface area contributed by atoms with Crippen molar-refractivity contribution in [1.82, 2.24) is 9.55 Å². The molecule has 2 aromatic carbocycles. The Morgan fingerprint density at radius 2 is 1.50 bits per heavy atom. The average Bonchev–Trinajstić information content (AvgIpc) is 3.07. The molecule has 0 spiro atoms. The third-order valence-electron chi connectivity index (χ3n) is 5.04. The summed E-state index contributed by atoms with van der Waals surface area (Å²) in [5.41, 5.74) is -2.02. The summed E-state index contributed by atoms with van der Waals surface area (Å²) >= 11 is 0.